The third kappa shape index (κ3) is 5.13. The monoisotopic (exact) mass is 393 g/mol. The topological polar surface area (TPSA) is 85.8 Å². The fourth-order valence-electron chi connectivity index (χ4n) is 2.87. The van der Waals surface area contributed by atoms with Gasteiger partial charge in [0.2, 0.25) is 0 Å². The molecule has 3 amide bonds. The van der Waals surface area contributed by atoms with Gasteiger partial charge in [-0.05, 0) is 44.4 Å². The van der Waals surface area contributed by atoms with E-state index in [9.17, 15) is 9.59 Å². The molecule has 1 aliphatic heterocycles. The Morgan fingerprint density at radius 3 is 2.56 bits per heavy atom. The summed E-state index contributed by atoms with van der Waals surface area (Å²) in [7, 11) is 1.70. The van der Waals surface area contributed by atoms with E-state index in [0.717, 1.165) is 5.56 Å². The number of amides is 3. The fraction of sp³-hybridized carbons (Fsp3) is 0.526. The lowest BCUT2D eigenvalue weighted by Crippen LogP contribution is -2.43. The Bertz CT molecular complexity index is 707. The van der Waals surface area contributed by atoms with E-state index in [2.05, 4.69) is 20.9 Å². The number of nitrogens with zero attached hydrogens (tertiary/aromatic N) is 2. The summed E-state index contributed by atoms with van der Waals surface area (Å²) in [5.41, 5.74) is 0.316. The second kappa shape index (κ2) is 9.08. The average molecular weight is 394 g/mol. The summed E-state index contributed by atoms with van der Waals surface area (Å²) in [5, 5.41) is 9.98. The third-order valence-electron chi connectivity index (χ3n) is 4.85. The van der Waals surface area contributed by atoms with E-state index in [1.165, 1.54) is 4.90 Å². The van der Waals surface area contributed by atoms with Crippen LogP contribution < -0.4 is 16.0 Å². The molecule has 1 aromatic carbocycles. The van der Waals surface area contributed by atoms with Crippen molar-refractivity contribution < 1.29 is 9.59 Å². The highest BCUT2D eigenvalue weighted by Crippen LogP contribution is 2.20. The number of hydrogen-bond donors (Lipinski definition) is 3. The Hall–Kier alpha value is -2.28. The molecule has 0 bridgehead atoms. The first kappa shape index (κ1) is 21.0. The van der Waals surface area contributed by atoms with Gasteiger partial charge in [-0.1, -0.05) is 30.7 Å². The number of guanidine groups is 1. The van der Waals surface area contributed by atoms with Crippen molar-refractivity contribution in [1.29, 1.82) is 0 Å². The number of urea groups is 1. The molecule has 0 aliphatic carbocycles. The molecule has 2 unspecified atom stereocenters. The van der Waals surface area contributed by atoms with Gasteiger partial charge >= 0.3 is 6.03 Å². The maximum absolute atomic E-state index is 12.4. The van der Waals surface area contributed by atoms with Crippen molar-refractivity contribution in [3.63, 3.8) is 0 Å². The molecule has 0 saturated carbocycles. The molecule has 1 aromatic rings. The maximum Gasteiger partial charge on any atom is 0.325 e. The summed E-state index contributed by atoms with van der Waals surface area (Å²) < 4.78 is 0. The zero-order chi connectivity index (χ0) is 20.0. The Morgan fingerprint density at radius 2 is 2.00 bits per heavy atom. The van der Waals surface area contributed by atoms with Crippen molar-refractivity contribution in [2.45, 2.75) is 45.2 Å². The minimum atomic E-state index is -0.782. The van der Waals surface area contributed by atoms with Gasteiger partial charge in [0.25, 0.3) is 5.91 Å². The van der Waals surface area contributed by atoms with E-state index in [0.29, 0.717) is 36.9 Å². The SMILES string of the molecule is CCC1(C)NC(=O)N(CCCNC(=NC)NC(C)c2ccc(Cl)cc2)C1=O. The van der Waals surface area contributed by atoms with Gasteiger partial charge in [0.05, 0.1) is 6.04 Å². The van der Waals surface area contributed by atoms with Crippen molar-refractivity contribution in [1.82, 2.24) is 20.9 Å². The smallest absolute Gasteiger partial charge is 0.325 e. The lowest BCUT2D eigenvalue weighted by atomic mass is 9.99. The zero-order valence-corrected chi connectivity index (χ0v) is 17.1. The highest BCUT2D eigenvalue weighted by Gasteiger charge is 2.45. The van der Waals surface area contributed by atoms with Crippen molar-refractivity contribution >= 4 is 29.5 Å². The fourth-order valence-corrected chi connectivity index (χ4v) is 2.99. The minimum absolute atomic E-state index is 0.0599. The Kier molecular flexibility index (Phi) is 7.07. The van der Waals surface area contributed by atoms with Gasteiger partial charge in [0, 0.05) is 25.2 Å². The summed E-state index contributed by atoms with van der Waals surface area (Å²) in [6, 6.07) is 7.39. The van der Waals surface area contributed by atoms with E-state index in [1.807, 2.05) is 38.1 Å². The third-order valence-corrected chi connectivity index (χ3v) is 5.10. The van der Waals surface area contributed by atoms with E-state index in [-0.39, 0.29) is 18.0 Å². The highest BCUT2D eigenvalue weighted by atomic mass is 35.5. The van der Waals surface area contributed by atoms with Gasteiger partial charge in [-0.3, -0.25) is 14.7 Å². The van der Waals surface area contributed by atoms with Gasteiger partial charge < -0.3 is 16.0 Å². The Labute approximate surface area is 165 Å². The molecule has 7 nitrogen and oxygen atoms in total. The molecule has 1 aliphatic rings. The van der Waals surface area contributed by atoms with Crippen LogP contribution in [-0.4, -0.2) is 48.5 Å². The van der Waals surface area contributed by atoms with Crippen LogP contribution in [0.3, 0.4) is 0 Å². The lowest BCUT2D eigenvalue weighted by Gasteiger charge is -2.20. The summed E-state index contributed by atoms with van der Waals surface area (Å²) in [5.74, 6) is 0.502. The summed E-state index contributed by atoms with van der Waals surface area (Å²) in [4.78, 5) is 29.9. The first-order valence-electron chi connectivity index (χ1n) is 9.17. The molecule has 0 radical (unpaired) electrons. The molecule has 1 heterocycles. The Balaban J connectivity index is 1.79. The maximum atomic E-state index is 12.4. The van der Waals surface area contributed by atoms with E-state index in [1.54, 1.807) is 14.0 Å². The lowest BCUT2D eigenvalue weighted by molar-refractivity contribution is -0.130. The molecule has 0 aromatic heterocycles. The number of aliphatic imine (C=N–C) groups is 1. The number of carbonyl (C=O) groups is 2. The number of nitrogens with one attached hydrogen (secondary N) is 3. The first-order chi connectivity index (χ1) is 12.8. The summed E-state index contributed by atoms with van der Waals surface area (Å²) in [6.45, 7) is 6.65. The zero-order valence-electron chi connectivity index (χ0n) is 16.3. The van der Waals surface area contributed by atoms with Crippen LogP contribution in [0.1, 0.15) is 45.2 Å². The van der Waals surface area contributed by atoms with Crippen molar-refractivity contribution in [2.75, 3.05) is 20.1 Å². The number of hydrogen-bond acceptors (Lipinski definition) is 3. The van der Waals surface area contributed by atoms with E-state index in [4.69, 9.17) is 11.6 Å². The van der Waals surface area contributed by atoms with Crippen LogP contribution in [0.25, 0.3) is 0 Å². The van der Waals surface area contributed by atoms with Gasteiger partial charge in [0.1, 0.15) is 5.54 Å². The highest BCUT2D eigenvalue weighted by molar-refractivity contribution is 6.30. The molecular formula is C19H28ClN5O2. The predicted octanol–water partition coefficient (Wildman–Crippen LogP) is 2.68. The van der Waals surface area contributed by atoms with Crippen LogP contribution in [0, 0.1) is 0 Å². The van der Waals surface area contributed by atoms with Gasteiger partial charge in [-0.15, -0.1) is 0 Å². The number of imide groups is 1. The van der Waals surface area contributed by atoms with Gasteiger partial charge in [0.15, 0.2) is 5.96 Å². The van der Waals surface area contributed by atoms with Crippen LogP contribution in [-0.2, 0) is 4.79 Å². The quantitative estimate of drug-likeness (QED) is 0.288. The van der Waals surface area contributed by atoms with Crippen LogP contribution in [0.15, 0.2) is 29.3 Å². The number of carbonyl (C=O) groups excluding carboxylic acids is 2. The average Bonchev–Trinajstić information content (AvgIpc) is 2.87. The van der Waals surface area contributed by atoms with Crippen LogP contribution in [0.4, 0.5) is 4.79 Å². The number of rotatable bonds is 7. The normalized spacial score (nSPS) is 21.2. The molecule has 1 saturated heterocycles. The second-order valence-electron chi connectivity index (χ2n) is 6.84. The summed E-state index contributed by atoms with van der Waals surface area (Å²) in [6.07, 6.45) is 1.21. The molecule has 0 spiro atoms. The predicted molar refractivity (Wildman–Crippen MR) is 108 cm³/mol. The molecule has 8 heteroatoms. The molecule has 27 heavy (non-hydrogen) atoms. The first-order valence-corrected chi connectivity index (χ1v) is 9.55. The largest absolute Gasteiger partial charge is 0.356 e. The van der Waals surface area contributed by atoms with Gasteiger partial charge in [-0.2, -0.15) is 0 Å². The van der Waals surface area contributed by atoms with Gasteiger partial charge in [-0.25, -0.2) is 4.79 Å². The van der Waals surface area contributed by atoms with Crippen molar-refractivity contribution in [3.8, 4) is 0 Å². The molecule has 1 fully saturated rings. The number of benzene rings is 1. The number of halogens is 1. The van der Waals surface area contributed by atoms with Crippen molar-refractivity contribution in [2.24, 2.45) is 4.99 Å². The standard InChI is InChI=1S/C19H28ClN5O2/c1-5-19(3)16(26)25(18(27)24-19)12-6-11-22-17(21-4)23-13(2)14-7-9-15(20)10-8-14/h7-10,13H,5-6,11-12H2,1-4H3,(H,24,27)(H2,21,22,23). The summed E-state index contributed by atoms with van der Waals surface area (Å²) >= 11 is 5.92. The molecule has 3 N–H and O–H groups in total. The van der Waals surface area contributed by atoms with E-state index < -0.39 is 5.54 Å². The van der Waals surface area contributed by atoms with Crippen LogP contribution in [0.2, 0.25) is 5.02 Å². The Morgan fingerprint density at radius 1 is 1.33 bits per heavy atom. The van der Waals surface area contributed by atoms with Crippen molar-refractivity contribution in [3.05, 3.63) is 34.9 Å². The van der Waals surface area contributed by atoms with Crippen LogP contribution in [0.5, 0.6) is 0 Å². The molecule has 2 rings (SSSR count). The second-order valence-corrected chi connectivity index (χ2v) is 7.28. The minimum Gasteiger partial charge on any atom is -0.356 e. The molecule has 148 valence electrons. The van der Waals surface area contributed by atoms with Crippen LogP contribution >= 0.6 is 11.6 Å². The van der Waals surface area contributed by atoms with E-state index >= 15 is 0 Å². The molecular weight excluding hydrogens is 366 g/mol. The molecule has 2 atom stereocenters.